The van der Waals surface area contributed by atoms with Gasteiger partial charge in [0, 0.05) is 37.6 Å². The maximum atomic E-state index is 12.7. The van der Waals surface area contributed by atoms with E-state index in [0.29, 0.717) is 34.0 Å². The number of anilines is 2. The van der Waals surface area contributed by atoms with Crippen molar-refractivity contribution in [2.75, 3.05) is 10.6 Å². The Kier molecular flexibility index (Phi) is 5.68. The minimum Gasteiger partial charge on any atom is -0.454 e. The maximum Gasteiger partial charge on any atom is 0.329 e. The first-order valence-corrected chi connectivity index (χ1v) is 10.6. The predicted molar refractivity (Wildman–Crippen MR) is 131 cm³/mol. The third kappa shape index (κ3) is 3.84. The quantitative estimate of drug-likeness (QED) is 0.465. The molecule has 0 aliphatic carbocycles. The number of amides is 2. The number of pyridine rings is 1. The summed E-state index contributed by atoms with van der Waals surface area (Å²) in [4.78, 5) is 29.5. The van der Waals surface area contributed by atoms with Crippen LogP contribution in [-0.4, -0.2) is 20.1 Å². The minimum absolute atomic E-state index is 0.179. The number of nitrogens with zero attached hydrogens (tertiary/aromatic N) is 3. The summed E-state index contributed by atoms with van der Waals surface area (Å²) in [6.45, 7) is 7.87. The lowest BCUT2D eigenvalue weighted by Gasteiger charge is -2.21. The number of para-hydroxylation sites is 1. The van der Waals surface area contributed by atoms with E-state index >= 15 is 0 Å². The second kappa shape index (κ2) is 8.46. The number of carbonyl (C=O) groups is 1. The largest absolute Gasteiger partial charge is 0.454 e. The van der Waals surface area contributed by atoms with Crippen molar-refractivity contribution >= 4 is 28.6 Å². The van der Waals surface area contributed by atoms with Gasteiger partial charge < -0.3 is 15.4 Å². The van der Waals surface area contributed by atoms with E-state index in [0.717, 1.165) is 22.3 Å². The van der Waals surface area contributed by atoms with Crippen molar-refractivity contribution in [2.45, 2.75) is 27.7 Å². The second-order valence-electron chi connectivity index (χ2n) is 8.13. The number of imidazole rings is 1. The van der Waals surface area contributed by atoms with E-state index in [1.54, 1.807) is 26.4 Å². The molecule has 170 valence electrons. The average molecular weight is 446 g/mol. The van der Waals surface area contributed by atoms with Crippen LogP contribution in [0.4, 0.5) is 16.2 Å². The van der Waals surface area contributed by atoms with Gasteiger partial charge >= 0.3 is 11.7 Å². The van der Waals surface area contributed by atoms with Gasteiger partial charge in [0.15, 0.2) is 11.4 Å². The van der Waals surface area contributed by atoms with Gasteiger partial charge in [-0.2, -0.15) is 0 Å². The molecule has 4 aromatic rings. The van der Waals surface area contributed by atoms with Crippen molar-refractivity contribution in [1.29, 1.82) is 0 Å². The Morgan fingerprint density at radius 2 is 1.58 bits per heavy atom. The Hall–Kier alpha value is -4.07. The van der Waals surface area contributed by atoms with Gasteiger partial charge in [-0.15, -0.1) is 0 Å². The minimum atomic E-state index is -0.335. The number of benzene rings is 2. The maximum absolute atomic E-state index is 12.7. The van der Waals surface area contributed by atoms with Crippen molar-refractivity contribution in [3.8, 4) is 11.5 Å². The highest BCUT2D eigenvalue weighted by atomic mass is 16.5. The lowest BCUT2D eigenvalue weighted by atomic mass is 9.97. The van der Waals surface area contributed by atoms with E-state index in [-0.39, 0.29) is 11.7 Å². The molecule has 0 aliphatic rings. The Labute approximate surface area is 191 Å². The van der Waals surface area contributed by atoms with Crippen LogP contribution >= 0.6 is 0 Å². The highest BCUT2D eigenvalue weighted by Gasteiger charge is 2.21. The van der Waals surface area contributed by atoms with Gasteiger partial charge in [0.25, 0.3) is 0 Å². The first-order chi connectivity index (χ1) is 15.7. The van der Waals surface area contributed by atoms with Crippen molar-refractivity contribution in [3.05, 3.63) is 75.3 Å². The van der Waals surface area contributed by atoms with Crippen LogP contribution in [0.1, 0.15) is 22.3 Å². The van der Waals surface area contributed by atoms with Crippen molar-refractivity contribution in [1.82, 2.24) is 14.1 Å². The number of nitrogens with one attached hydrogen (secondary N) is 2. The molecule has 4 rings (SSSR count). The van der Waals surface area contributed by atoms with Gasteiger partial charge in [0.2, 0.25) is 0 Å². The van der Waals surface area contributed by atoms with Crippen LogP contribution in [0.25, 0.3) is 11.2 Å². The normalized spacial score (nSPS) is 11.0. The average Bonchev–Trinajstić information content (AvgIpc) is 3.03. The van der Waals surface area contributed by atoms with E-state index in [2.05, 4.69) is 15.6 Å². The summed E-state index contributed by atoms with van der Waals surface area (Å²) in [5.41, 5.74) is 6.10. The second-order valence-corrected chi connectivity index (χ2v) is 8.13. The molecule has 0 spiro atoms. The molecule has 0 aliphatic heterocycles. The molecular weight excluding hydrogens is 418 g/mol. The molecule has 8 nitrogen and oxygen atoms in total. The molecule has 8 heteroatoms. The molecule has 33 heavy (non-hydrogen) atoms. The molecule has 0 fully saturated rings. The van der Waals surface area contributed by atoms with E-state index in [1.807, 2.05) is 58.0 Å². The van der Waals surface area contributed by atoms with Gasteiger partial charge in [0.1, 0.15) is 11.3 Å². The van der Waals surface area contributed by atoms with Gasteiger partial charge in [-0.25, -0.2) is 14.6 Å². The fourth-order valence-corrected chi connectivity index (χ4v) is 4.04. The predicted octanol–water partition coefficient (Wildman–Crippen LogP) is 4.94. The fourth-order valence-electron chi connectivity index (χ4n) is 4.04. The zero-order valence-electron chi connectivity index (χ0n) is 19.6. The zero-order valence-corrected chi connectivity index (χ0v) is 19.6. The van der Waals surface area contributed by atoms with Crippen LogP contribution in [0, 0.1) is 27.7 Å². The monoisotopic (exact) mass is 445 g/mol. The topological polar surface area (TPSA) is 90.2 Å². The molecule has 2 aromatic carbocycles. The summed E-state index contributed by atoms with van der Waals surface area (Å²) in [5, 5.41) is 5.83. The van der Waals surface area contributed by atoms with Gasteiger partial charge in [-0.05, 0) is 56.5 Å². The molecule has 2 heterocycles. The Morgan fingerprint density at radius 1 is 0.879 bits per heavy atom. The number of hydrogen-bond acceptors (Lipinski definition) is 4. The van der Waals surface area contributed by atoms with Crippen LogP contribution in [0.15, 0.2) is 47.4 Å². The summed E-state index contributed by atoms with van der Waals surface area (Å²) < 4.78 is 9.41. The molecule has 2 N–H and O–H groups in total. The smallest absolute Gasteiger partial charge is 0.329 e. The molecule has 0 saturated heterocycles. The van der Waals surface area contributed by atoms with Crippen molar-refractivity contribution in [3.63, 3.8) is 0 Å². The number of rotatable bonds is 4. The standard InChI is InChI=1S/C25H27N5O3/c1-14-15(2)20(28-24(31)27-18-10-8-7-9-11-18)17(4)22(16(14)3)33-19-12-13-26-23-21(19)29(5)25(32)30(23)6/h7-13H,1-6H3,(H2,27,28,31). The summed E-state index contributed by atoms with van der Waals surface area (Å²) in [5.74, 6) is 1.16. The molecule has 0 unspecified atom stereocenters. The van der Waals surface area contributed by atoms with Crippen molar-refractivity contribution < 1.29 is 9.53 Å². The number of carbonyl (C=O) groups excluding carboxylic acids is 1. The molecule has 0 radical (unpaired) electrons. The first-order valence-electron chi connectivity index (χ1n) is 10.6. The summed E-state index contributed by atoms with van der Waals surface area (Å²) in [6, 6.07) is 10.7. The van der Waals surface area contributed by atoms with E-state index < -0.39 is 0 Å². The van der Waals surface area contributed by atoms with Gasteiger partial charge in [-0.3, -0.25) is 9.13 Å². The highest BCUT2D eigenvalue weighted by molar-refractivity contribution is 6.01. The third-order valence-corrected chi connectivity index (χ3v) is 6.13. The van der Waals surface area contributed by atoms with Gasteiger partial charge in [-0.1, -0.05) is 18.2 Å². The number of urea groups is 1. The summed E-state index contributed by atoms with van der Waals surface area (Å²) in [6.07, 6.45) is 1.62. The van der Waals surface area contributed by atoms with Crippen LogP contribution in [0.3, 0.4) is 0 Å². The van der Waals surface area contributed by atoms with E-state index in [9.17, 15) is 9.59 Å². The van der Waals surface area contributed by atoms with Crippen LogP contribution in [0.5, 0.6) is 11.5 Å². The summed E-state index contributed by atoms with van der Waals surface area (Å²) >= 11 is 0. The number of hydrogen-bond donors (Lipinski definition) is 2. The summed E-state index contributed by atoms with van der Waals surface area (Å²) in [7, 11) is 3.38. The van der Waals surface area contributed by atoms with Crippen LogP contribution in [0.2, 0.25) is 0 Å². The zero-order chi connectivity index (χ0) is 23.9. The number of aryl methyl sites for hydroxylation is 2. The third-order valence-electron chi connectivity index (χ3n) is 6.13. The van der Waals surface area contributed by atoms with E-state index in [1.165, 1.54) is 9.13 Å². The SMILES string of the molecule is Cc1c(C)c(NC(=O)Nc2ccccc2)c(C)c(Oc2ccnc3c2n(C)c(=O)n3C)c1C. The molecule has 0 bridgehead atoms. The highest BCUT2D eigenvalue weighted by Crippen LogP contribution is 2.39. The lowest BCUT2D eigenvalue weighted by Crippen LogP contribution is -2.21. The van der Waals surface area contributed by atoms with Crippen LogP contribution in [-0.2, 0) is 14.1 Å². The molecular formula is C25H27N5O3. The Bertz CT molecular complexity index is 1430. The Balaban J connectivity index is 1.75. The molecule has 2 amide bonds. The molecule has 0 atom stereocenters. The van der Waals surface area contributed by atoms with E-state index in [4.69, 9.17) is 4.74 Å². The Morgan fingerprint density at radius 3 is 2.27 bits per heavy atom. The fraction of sp³-hybridized carbons (Fsp3) is 0.240. The number of ether oxygens (including phenoxy) is 1. The van der Waals surface area contributed by atoms with Crippen molar-refractivity contribution in [2.24, 2.45) is 14.1 Å². The lowest BCUT2D eigenvalue weighted by molar-refractivity contribution is 0.262. The van der Waals surface area contributed by atoms with Crippen LogP contribution < -0.4 is 21.1 Å². The molecule has 2 aromatic heterocycles. The first kappa shape index (κ1) is 22.1. The number of aromatic nitrogens is 3. The molecule has 0 saturated carbocycles. The van der Waals surface area contributed by atoms with Gasteiger partial charge in [0.05, 0.1) is 5.69 Å². The number of fused-ring (bicyclic) bond motifs is 1.